The molecule has 0 heterocycles. The van der Waals surface area contributed by atoms with Crippen LogP contribution in [0.5, 0.6) is 0 Å². The zero-order valence-electron chi connectivity index (χ0n) is 16.9. The van der Waals surface area contributed by atoms with Gasteiger partial charge in [-0.05, 0) is 42.2 Å². The van der Waals surface area contributed by atoms with Crippen LogP contribution in [0.1, 0.15) is 26.3 Å². The summed E-state index contributed by atoms with van der Waals surface area (Å²) in [5.74, 6) is -1.54. The van der Waals surface area contributed by atoms with Crippen LogP contribution in [0.25, 0.3) is 0 Å². The summed E-state index contributed by atoms with van der Waals surface area (Å²) in [6.07, 6.45) is 0.823. The van der Waals surface area contributed by atoms with E-state index in [1.807, 2.05) is 32.9 Å². The number of aryl methyl sites for hydroxylation is 1. The van der Waals surface area contributed by atoms with Gasteiger partial charge in [-0.25, -0.2) is 8.42 Å². The predicted molar refractivity (Wildman–Crippen MR) is 117 cm³/mol. The van der Waals surface area contributed by atoms with Crippen molar-refractivity contribution in [2.75, 3.05) is 16.6 Å². The van der Waals surface area contributed by atoms with Crippen LogP contribution < -0.4 is 4.31 Å². The fourth-order valence-corrected chi connectivity index (χ4v) is 5.27. The van der Waals surface area contributed by atoms with Crippen LogP contribution in [0, 0.1) is 16.0 Å². The lowest BCUT2D eigenvalue weighted by Gasteiger charge is -2.26. The van der Waals surface area contributed by atoms with Gasteiger partial charge in [0, 0.05) is 12.6 Å². The summed E-state index contributed by atoms with van der Waals surface area (Å²) in [6.45, 7) is 6.02. The number of anilines is 1. The maximum atomic E-state index is 13.4. The third kappa shape index (κ3) is 5.73. The standard InChI is InChI=1S/C20H24N2O6S2/c1-4-15-5-7-16(8-6-15)21(12-14(2)3)30(27,28)17-9-10-18(22(25)26)19(11-17)29-13-20(23)24/h5-11,14H,4,12-13H2,1-3H3,(H,23,24). The molecule has 0 aliphatic heterocycles. The Labute approximate surface area is 180 Å². The normalized spacial score (nSPS) is 11.5. The fourth-order valence-electron chi connectivity index (χ4n) is 2.76. The molecule has 0 aliphatic rings. The molecule has 10 heteroatoms. The smallest absolute Gasteiger partial charge is 0.313 e. The lowest BCUT2D eigenvalue weighted by molar-refractivity contribution is -0.387. The quantitative estimate of drug-likeness (QED) is 0.326. The van der Waals surface area contributed by atoms with Gasteiger partial charge in [-0.15, -0.1) is 11.8 Å². The number of nitro benzene ring substituents is 1. The number of sulfonamides is 1. The average molecular weight is 453 g/mol. The Bertz CT molecular complexity index is 1020. The minimum Gasteiger partial charge on any atom is -0.481 e. The molecule has 2 aromatic rings. The van der Waals surface area contributed by atoms with E-state index >= 15 is 0 Å². The number of carbonyl (C=O) groups is 1. The molecule has 162 valence electrons. The molecule has 0 unspecified atom stereocenters. The molecule has 2 aromatic carbocycles. The van der Waals surface area contributed by atoms with E-state index in [1.54, 1.807) is 12.1 Å². The topological polar surface area (TPSA) is 118 Å². The van der Waals surface area contributed by atoms with Gasteiger partial charge >= 0.3 is 5.97 Å². The zero-order valence-corrected chi connectivity index (χ0v) is 18.6. The van der Waals surface area contributed by atoms with Crippen molar-refractivity contribution in [1.29, 1.82) is 0 Å². The summed E-state index contributed by atoms with van der Waals surface area (Å²) in [7, 11) is -4.02. The number of thioether (sulfide) groups is 1. The van der Waals surface area contributed by atoms with E-state index in [1.165, 1.54) is 16.4 Å². The predicted octanol–water partition coefficient (Wildman–Crippen LogP) is 4.19. The first-order chi connectivity index (χ1) is 14.1. The van der Waals surface area contributed by atoms with E-state index in [9.17, 15) is 23.3 Å². The Hall–Kier alpha value is -2.59. The summed E-state index contributed by atoms with van der Waals surface area (Å²) in [4.78, 5) is 21.4. The van der Waals surface area contributed by atoms with Crippen molar-refractivity contribution in [3.63, 3.8) is 0 Å². The molecule has 30 heavy (non-hydrogen) atoms. The first-order valence-electron chi connectivity index (χ1n) is 9.31. The molecule has 0 bridgehead atoms. The van der Waals surface area contributed by atoms with Gasteiger partial charge in [0.2, 0.25) is 0 Å². The van der Waals surface area contributed by atoms with Crippen LogP contribution in [-0.4, -0.2) is 36.7 Å². The van der Waals surface area contributed by atoms with Crippen molar-refractivity contribution in [1.82, 2.24) is 0 Å². The van der Waals surface area contributed by atoms with Gasteiger partial charge in [0.05, 0.1) is 26.2 Å². The Morgan fingerprint density at radius 2 is 1.83 bits per heavy atom. The molecule has 0 amide bonds. The van der Waals surface area contributed by atoms with Crippen molar-refractivity contribution in [3.8, 4) is 0 Å². The summed E-state index contributed by atoms with van der Waals surface area (Å²) in [5.41, 5.74) is 1.24. The zero-order chi connectivity index (χ0) is 22.5. The van der Waals surface area contributed by atoms with E-state index in [0.29, 0.717) is 17.4 Å². The van der Waals surface area contributed by atoms with Gasteiger partial charge < -0.3 is 5.11 Å². The number of hydrogen-bond donors (Lipinski definition) is 1. The SMILES string of the molecule is CCc1ccc(N(CC(C)C)S(=O)(=O)c2ccc([N+](=O)[O-])c(SCC(=O)O)c2)cc1. The maximum absolute atomic E-state index is 13.4. The van der Waals surface area contributed by atoms with Crippen molar-refractivity contribution >= 4 is 39.1 Å². The first kappa shape index (κ1) is 23.7. The lowest BCUT2D eigenvalue weighted by Crippen LogP contribution is -2.34. The van der Waals surface area contributed by atoms with Crippen LogP contribution in [0.3, 0.4) is 0 Å². The second-order valence-electron chi connectivity index (χ2n) is 7.02. The Kier molecular flexibility index (Phi) is 7.85. The van der Waals surface area contributed by atoms with Crippen LogP contribution in [0.4, 0.5) is 11.4 Å². The Morgan fingerprint density at radius 1 is 1.20 bits per heavy atom. The molecule has 8 nitrogen and oxygen atoms in total. The average Bonchev–Trinajstić information content (AvgIpc) is 2.70. The van der Waals surface area contributed by atoms with E-state index in [2.05, 4.69) is 0 Å². The molecular weight excluding hydrogens is 428 g/mol. The minimum atomic E-state index is -4.02. The highest BCUT2D eigenvalue weighted by Crippen LogP contribution is 2.33. The largest absolute Gasteiger partial charge is 0.481 e. The van der Waals surface area contributed by atoms with Gasteiger partial charge in [-0.1, -0.05) is 32.9 Å². The van der Waals surface area contributed by atoms with Gasteiger partial charge in [0.15, 0.2) is 0 Å². The number of benzene rings is 2. The molecule has 0 radical (unpaired) electrons. The third-order valence-corrected chi connectivity index (χ3v) is 7.05. The molecule has 0 atom stereocenters. The minimum absolute atomic E-state index is 0.00528. The van der Waals surface area contributed by atoms with Crippen molar-refractivity contribution in [2.24, 2.45) is 5.92 Å². The Balaban J connectivity index is 2.54. The van der Waals surface area contributed by atoms with Crippen molar-refractivity contribution in [3.05, 3.63) is 58.1 Å². The van der Waals surface area contributed by atoms with Gasteiger partial charge in [0.1, 0.15) is 0 Å². The maximum Gasteiger partial charge on any atom is 0.313 e. The number of hydrogen-bond acceptors (Lipinski definition) is 6. The molecule has 0 saturated heterocycles. The summed E-state index contributed by atoms with van der Waals surface area (Å²) >= 11 is 0.716. The second-order valence-corrected chi connectivity index (χ2v) is 9.90. The van der Waals surface area contributed by atoms with Crippen LogP contribution in [0.15, 0.2) is 52.3 Å². The number of aliphatic carboxylic acids is 1. The number of nitrogens with zero attached hydrogens (tertiary/aromatic N) is 2. The highest BCUT2D eigenvalue weighted by Gasteiger charge is 2.28. The molecule has 0 aromatic heterocycles. The summed E-state index contributed by atoms with van der Waals surface area (Å²) < 4.78 is 28.1. The highest BCUT2D eigenvalue weighted by molar-refractivity contribution is 8.00. The summed E-state index contributed by atoms with van der Waals surface area (Å²) in [5, 5.41) is 20.2. The molecule has 0 aliphatic carbocycles. The number of nitro groups is 1. The molecule has 2 rings (SSSR count). The van der Waals surface area contributed by atoms with Crippen molar-refractivity contribution in [2.45, 2.75) is 37.0 Å². The van der Waals surface area contributed by atoms with Crippen LogP contribution in [0.2, 0.25) is 0 Å². The third-order valence-electron chi connectivity index (χ3n) is 4.23. The van der Waals surface area contributed by atoms with E-state index in [4.69, 9.17) is 5.11 Å². The van der Waals surface area contributed by atoms with Crippen molar-refractivity contribution < 1.29 is 23.2 Å². The van der Waals surface area contributed by atoms with E-state index in [0.717, 1.165) is 18.1 Å². The van der Waals surface area contributed by atoms with Gasteiger partial charge in [0.25, 0.3) is 15.7 Å². The highest BCUT2D eigenvalue weighted by atomic mass is 32.2. The van der Waals surface area contributed by atoms with Crippen LogP contribution in [-0.2, 0) is 21.2 Å². The molecule has 0 saturated carbocycles. The second kappa shape index (κ2) is 9.94. The first-order valence-corrected chi connectivity index (χ1v) is 11.7. The van der Waals surface area contributed by atoms with Gasteiger partial charge in [-0.3, -0.25) is 19.2 Å². The number of carboxylic acids is 1. The number of carboxylic acid groups (broad SMARTS) is 1. The molecule has 0 spiro atoms. The molecule has 0 fully saturated rings. The lowest BCUT2D eigenvalue weighted by atomic mass is 10.1. The monoisotopic (exact) mass is 452 g/mol. The van der Waals surface area contributed by atoms with Crippen LogP contribution >= 0.6 is 11.8 Å². The van der Waals surface area contributed by atoms with E-state index < -0.39 is 26.7 Å². The molecule has 1 N–H and O–H groups in total. The number of rotatable bonds is 10. The van der Waals surface area contributed by atoms with E-state index in [-0.39, 0.29) is 27.9 Å². The Morgan fingerprint density at radius 3 is 2.33 bits per heavy atom. The summed E-state index contributed by atoms with van der Waals surface area (Å²) in [6, 6.07) is 10.7. The molecular formula is C20H24N2O6S2. The van der Waals surface area contributed by atoms with Gasteiger partial charge in [-0.2, -0.15) is 0 Å². The fraction of sp³-hybridized carbons (Fsp3) is 0.350.